The number of allylic oxidation sites excluding steroid dienone is 2. The van der Waals surface area contributed by atoms with Crippen LogP contribution < -0.4 is 55.6 Å². The first-order valence-electron chi connectivity index (χ1n) is 50.6. The first-order chi connectivity index (χ1) is 65.2. The highest BCUT2D eigenvalue weighted by Gasteiger charge is 2.14. The van der Waals surface area contributed by atoms with Gasteiger partial charge in [-0.25, -0.2) is 20.9 Å². The number of hydrazone groups is 1. The first kappa shape index (κ1) is 151. The Labute approximate surface area is 858 Å². The average molecular weight is 2010 g/mol. The topological polar surface area (TPSA) is 581 Å². The molecule has 0 radical (unpaired) electrons. The van der Waals surface area contributed by atoms with E-state index in [1.54, 1.807) is 64.4 Å². The Bertz CT molecular complexity index is 3880. The third-order valence-electron chi connectivity index (χ3n) is 16.2. The Kier molecular flexibility index (Phi) is 98.4. The summed E-state index contributed by atoms with van der Waals surface area (Å²) in [6, 6.07) is 11.0. The molecular weight excluding hydrogens is 1800 g/mol. The van der Waals surface area contributed by atoms with Crippen LogP contribution in [0.4, 0.5) is 0 Å². The number of aliphatic hydroxyl groups is 1. The van der Waals surface area contributed by atoms with Crippen molar-refractivity contribution in [2.24, 2.45) is 115 Å². The molecule has 142 heavy (non-hydrogen) atoms. The van der Waals surface area contributed by atoms with E-state index in [-0.39, 0.29) is 82.3 Å². The predicted octanol–water partition coefficient (Wildman–Crippen LogP) is 20.9. The maximum atomic E-state index is 11.0. The number of nitrogens with two attached hydrogens (primary N) is 4. The largest absolute Gasteiger partial charge is 0.512 e. The highest BCUT2D eigenvalue weighted by Crippen LogP contribution is 2.18. The average Bonchev–Trinajstić information content (AvgIpc) is 1.75. The van der Waals surface area contributed by atoms with Gasteiger partial charge in [0.05, 0.1) is 29.7 Å². The number of aliphatic imine (C=N–C) groups is 2. The van der Waals surface area contributed by atoms with Gasteiger partial charge in [0, 0.05) is 156 Å². The van der Waals surface area contributed by atoms with Crippen LogP contribution >= 0.6 is 0 Å². The molecule has 0 fully saturated rings. The van der Waals surface area contributed by atoms with Crippen LogP contribution in [-0.2, 0) is 24.0 Å². The monoisotopic (exact) mass is 2000 g/mol. The van der Waals surface area contributed by atoms with Gasteiger partial charge in [-0.1, -0.05) is 319 Å². The summed E-state index contributed by atoms with van der Waals surface area (Å²) in [7, 11) is 0. The zero-order valence-corrected chi connectivity index (χ0v) is 98.0. The van der Waals surface area contributed by atoms with Crippen molar-refractivity contribution in [2.75, 3.05) is 6.54 Å². The van der Waals surface area contributed by atoms with Crippen molar-refractivity contribution in [3.8, 4) is 0 Å². The number of Topliss-reactive ketones (excluding diaryl/α,β-unsaturated/α-hetero) is 1. The molecule has 7 aromatic heterocycles. The zero-order chi connectivity index (χ0) is 113. The summed E-state index contributed by atoms with van der Waals surface area (Å²) in [5.41, 5.74) is 29.9. The molecule has 8 heterocycles. The van der Waals surface area contributed by atoms with Crippen LogP contribution in [0.15, 0.2) is 97.7 Å². The molecule has 4 amide bonds. The van der Waals surface area contributed by atoms with Gasteiger partial charge in [-0.15, -0.1) is 30.6 Å². The number of imidazole rings is 2. The second-order valence-corrected chi connectivity index (χ2v) is 41.5. The highest BCUT2D eigenvalue weighted by molar-refractivity contribution is 5.88. The molecule has 20 N–H and O–H groups in total. The lowest BCUT2D eigenvalue weighted by atomic mass is 9.99. The summed E-state index contributed by atoms with van der Waals surface area (Å²) in [4.78, 5) is 101. The van der Waals surface area contributed by atoms with Crippen molar-refractivity contribution in [1.82, 2.24) is 113 Å². The number of primary amides is 2. The summed E-state index contributed by atoms with van der Waals surface area (Å²) in [6.45, 7) is 102. The molecule has 0 bridgehead atoms. The smallest absolute Gasteiger partial charge is 0.247 e. The van der Waals surface area contributed by atoms with E-state index >= 15 is 0 Å². The van der Waals surface area contributed by atoms with Gasteiger partial charge in [-0.2, -0.15) is 20.7 Å². The van der Waals surface area contributed by atoms with Gasteiger partial charge in [0.1, 0.15) is 17.4 Å². The molecule has 0 atom stereocenters. The maximum absolute atomic E-state index is 11.0. The van der Waals surface area contributed by atoms with E-state index in [1.807, 2.05) is 198 Å². The van der Waals surface area contributed by atoms with Crippen LogP contribution in [0.25, 0.3) is 0 Å². The Morgan fingerprint density at radius 3 is 0.782 bits per heavy atom. The molecule has 0 spiro atoms. The predicted molar refractivity (Wildman–Crippen MR) is 594 cm³/mol. The summed E-state index contributed by atoms with van der Waals surface area (Å²) in [5, 5.41) is 58.7. The highest BCUT2D eigenvalue weighted by atomic mass is 16.3. The van der Waals surface area contributed by atoms with Gasteiger partial charge in [0.25, 0.3) is 0 Å². The number of pyridine rings is 2. The van der Waals surface area contributed by atoms with Gasteiger partial charge < -0.3 is 58.6 Å². The Morgan fingerprint density at radius 1 is 0.394 bits per heavy atom. The number of tetrazole rings is 3. The second-order valence-electron chi connectivity index (χ2n) is 41.5. The molecule has 0 unspecified atom stereocenters. The third kappa shape index (κ3) is 109. The van der Waals surface area contributed by atoms with E-state index in [0.29, 0.717) is 94.6 Å². The number of carbonyl (C=O) groups is 5. The molecule has 0 saturated carbocycles. The zero-order valence-electron chi connectivity index (χ0n) is 98.0. The number of hydrogen-bond donors (Lipinski definition) is 16. The molecule has 37 heteroatoms. The summed E-state index contributed by atoms with van der Waals surface area (Å²) in [5.74, 6) is 14.5. The number of nitrogens with one attached hydrogen (secondary N) is 11. The van der Waals surface area contributed by atoms with Crippen LogP contribution in [0.2, 0.25) is 0 Å². The number of carbonyl (C=O) groups excluding carboxylic acids is 5. The Morgan fingerprint density at radius 2 is 0.690 bits per heavy atom. The summed E-state index contributed by atoms with van der Waals surface area (Å²) in [6.07, 6.45) is 9.67. The van der Waals surface area contributed by atoms with Crippen LogP contribution in [0.1, 0.15) is 435 Å². The minimum Gasteiger partial charge on any atom is -0.512 e. The van der Waals surface area contributed by atoms with Crippen molar-refractivity contribution < 1.29 is 29.1 Å². The standard InChI is InChI=1S/2C9H16N2.2C8H16O.2C7H16N2.2C7H15NO.C5H11N3.2C5H5NO.3C4H8N4.2C4H9NO.2C4H10/c2*1-6(2)8-5-10-9(11-8)7(3)4;2*1-6(2)5-8(9)7(3)4;2*1-5(2)7(8)9-6(3)4;2*1-5(2)7(9)8-6(3)4;1-4(2)5-3-6-8-7-5;2*7-5-3-1-2-4-6-5;3*1-3(2)4-5-7-8-6-4;2*1-3(2)4(5)6;2*1-4(2)3/h2*5-7H,1-4H3,(H,10,11);6-7H,5H2,1-4H3;5-7,9H,1-4H3;2*5-6H,1-4H3,(H2,8,9);2*5-6H,1-4H3,(H,8,9);4,6,8H,3H2,1-2H3;2*1-4H,(H,6,7);3*3H,1-2H3,(H,5,6,7,8);2*3H,1-2H3,(H2,5,6);2*4H,1-3H3/b;;;8-5-;;;;;;;;;;;;;;. The van der Waals surface area contributed by atoms with Gasteiger partial charge in [0.2, 0.25) is 34.7 Å². The van der Waals surface area contributed by atoms with E-state index in [9.17, 15) is 33.6 Å². The second kappa shape index (κ2) is 92.4. The lowest BCUT2D eigenvalue weighted by Crippen LogP contribution is -2.33. The molecule has 0 saturated heterocycles. The third-order valence-corrected chi connectivity index (χ3v) is 16.2. The minimum absolute atomic E-state index is 0.00926. The van der Waals surface area contributed by atoms with Crippen molar-refractivity contribution in [3.05, 3.63) is 134 Å². The number of hydrogen-bond acceptors (Lipinski definition) is 24. The van der Waals surface area contributed by atoms with E-state index in [4.69, 9.17) is 28.0 Å². The van der Waals surface area contributed by atoms with Crippen molar-refractivity contribution >= 4 is 46.8 Å². The number of amides is 4. The molecule has 822 valence electrons. The van der Waals surface area contributed by atoms with Gasteiger partial charge in [0.15, 0.2) is 17.5 Å². The lowest BCUT2D eigenvalue weighted by molar-refractivity contribution is -0.125. The number of aromatic nitrogens is 18. The number of H-pyrrole nitrogens is 7. The van der Waals surface area contributed by atoms with E-state index in [2.05, 4.69) is 267 Å². The van der Waals surface area contributed by atoms with E-state index in [1.165, 1.54) is 29.2 Å². The van der Waals surface area contributed by atoms with Crippen molar-refractivity contribution in [3.63, 3.8) is 0 Å². The van der Waals surface area contributed by atoms with Gasteiger partial charge in [-0.05, 0) is 115 Å². The van der Waals surface area contributed by atoms with Gasteiger partial charge >= 0.3 is 0 Å². The minimum atomic E-state index is -0.241. The molecule has 7 aromatic rings. The van der Waals surface area contributed by atoms with E-state index in [0.717, 1.165) is 65.6 Å². The molecule has 1 aliphatic rings. The number of rotatable bonds is 23. The number of amidine groups is 2. The first-order valence-corrected chi connectivity index (χ1v) is 50.6. The number of nitrogens with zero attached hydrogens (tertiary/aromatic N) is 14. The quantitative estimate of drug-likeness (QED) is 0.0161. The van der Waals surface area contributed by atoms with Crippen LogP contribution in [0.5, 0.6) is 0 Å². The maximum Gasteiger partial charge on any atom is 0.247 e. The summed E-state index contributed by atoms with van der Waals surface area (Å²) < 4.78 is 0. The Balaban J connectivity index is -0.000000163. The molecule has 1 aliphatic heterocycles. The normalized spacial score (nSPS) is 11.3. The SMILES string of the molecule is CC(C)/C=C(\O)C(C)C.CC(C)C.CC(C)C.CC(C)C(N)=O.CC(C)C(N)=O.CC(C)C1=NNNC1.CC(C)CC(=O)C(C)C.CC(C)N=C(N)C(C)C.CC(C)N=C(N)C(C)C.CC(C)NC(=O)C(C)C.CC(C)NC(=O)C(C)C.CC(C)c1cnc(C(C)C)[nH]1.CC(C)c1cnc(C(C)C)[nH]1.CC(C)c1nn[nH]n1.CC(C)c1nn[nH]n1.CC(C)c1nn[nH]n1.O=c1cccc[nH]1.O=c1cccc[nH]1. The molecule has 0 aliphatic carbocycles. The lowest BCUT2D eigenvalue weighted by Gasteiger charge is -2.09. The fourth-order valence-corrected chi connectivity index (χ4v) is 7.46. The summed E-state index contributed by atoms with van der Waals surface area (Å²) >= 11 is 0. The van der Waals surface area contributed by atoms with Crippen molar-refractivity contribution in [1.29, 1.82) is 0 Å². The van der Waals surface area contributed by atoms with Crippen LogP contribution in [0.3, 0.4) is 0 Å². The van der Waals surface area contributed by atoms with Gasteiger partial charge in [-0.3, -0.25) is 43.5 Å². The number of aliphatic hydroxyl groups excluding tert-OH is 1. The molecule has 37 nitrogen and oxygen atoms in total. The fourth-order valence-electron chi connectivity index (χ4n) is 7.46. The number of aromatic amines is 7. The number of hydrazine groups is 1. The van der Waals surface area contributed by atoms with E-state index < -0.39 is 0 Å². The fraction of sp³-hybridized carbons (Fsp3) is 0.724. The molecule has 0 aromatic carbocycles. The van der Waals surface area contributed by atoms with Crippen LogP contribution in [-0.4, -0.2) is 174 Å². The molecule has 8 rings (SSSR count). The Hall–Kier alpha value is -11.0. The molecular formula is C105H209N29O8. The number of ketones is 1. The van der Waals surface area contributed by atoms with Crippen LogP contribution in [0, 0.1) is 76.9 Å². The van der Waals surface area contributed by atoms with Crippen molar-refractivity contribution in [2.45, 2.75) is 418 Å².